The maximum atomic E-state index is 12.1. The predicted octanol–water partition coefficient (Wildman–Crippen LogP) is 4.14. The molecule has 1 heterocycles. The summed E-state index contributed by atoms with van der Waals surface area (Å²) in [6.07, 6.45) is 2.27. The van der Waals surface area contributed by atoms with Crippen molar-refractivity contribution in [3.05, 3.63) is 65.2 Å². The van der Waals surface area contributed by atoms with E-state index in [0.717, 1.165) is 18.6 Å². The van der Waals surface area contributed by atoms with Gasteiger partial charge in [-0.25, -0.2) is 4.79 Å². The van der Waals surface area contributed by atoms with Gasteiger partial charge in [-0.15, -0.1) is 0 Å². The molecule has 156 valence electrons. The second-order valence-corrected chi connectivity index (χ2v) is 7.63. The maximum absolute atomic E-state index is 12.1. The minimum absolute atomic E-state index is 0.0535. The lowest BCUT2D eigenvalue weighted by atomic mass is 10.0. The summed E-state index contributed by atoms with van der Waals surface area (Å²) < 4.78 is 11.2. The molecule has 2 aromatic rings. The van der Waals surface area contributed by atoms with Crippen LogP contribution in [0.25, 0.3) is 0 Å². The Morgan fingerprint density at radius 2 is 1.97 bits per heavy atom. The highest BCUT2D eigenvalue weighted by Crippen LogP contribution is 2.25. The van der Waals surface area contributed by atoms with Crippen molar-refractivity contribution in [1.82, 2.24) is 4.90 Å². The normalized spacial score (nSPS) is 18.7. The highest BCUT2D eigenvalue weighted by Gasteiger charge is 2.34. The largest absolute Gasteiger partial charge is 0.493 e. The number of aliphatic hydroxyl groups excluding tert-OH is 1. The lowest BCUT2D eigenvalue weighted by Crippen LogP contribution is -2.37. The van der Waals surface area contributed by atoms with Gasteiger partial charge in [0.05, 0.1) is 25.9 Å². The third-order valence-electron chi connectivity index (χ3n) is 5.35. The van der Waals surface area contributed by atoms with Gasteiger partial charge in [-0.2, -0.15) is 0 Å². The van der Waals surface area contributed by atoms with Gasteiger partial charge in [-0.1, -0.05) is 48.0 Å². The number of carbonyl (C=O) groups is 1. The molecule has 0 spiro atoms. The summed E-state index contributed by atoms with van der Waals surface area (Å²) in [4.78, 5) is 13.7. The summed E-state index contributed by atoms with van der Waals surface area (Å²) in [7, 11) is 0. The van der Waals surface area contributed by atoms with Crippen LogP contribution in [0.4, 0.5) is 4.79 Å². The summed E-state index contributed by atoms with van der Waals surface area (Å²) in [5.41, 5.74) is 3.72. The number of aliphatic hydroxyl groups is 1. The molecule has 2 atom stereocenters. The molecule has 1 saturated heterocycles. The van der Waals surface area contributed by atoms with E-state index in [4.69, 9.17) is 9.47 Å². The zero-order chi connectivity index (χ0) is 20.6. The molecule has 0 aliphatic carbocycles. The van der Waals surface area contributed by atoms with E-state index in [1.807, 2.05) is 12.1 Å². The number of ether oxygens (including phenoxy) is 2. The fourth-order valence-electron chi connectivity index (χ4n) is 3.87. The third kappa shape index (κ3) is 5.97. The molecule has 0 aromatic heterocycles. The summed E-state index contributed by atoms with van der Waals surface area (Å²) in [6, 6.07) is 16.7. The molecule has 0 bridgehead atoms. The highest BCUT2D eigenvalue weighted by molar-refractivity contribution is 5.68. The monoisotopic (exact) mass is 397 g/mol. The van der Waals surface area contributed by atoms with Crippen molar-refractivity contribution in [2.24, 2.45) is 0 Å². The van der Waals surface area contributed by atoms with Gasteiger partial charge >= 0.3 is 6.09 Å². The maximum Gasteiger partial charge on any atom is 0.410 e. The van der Waals surface area contributed by atoms with Crippen molar-refractivity contribution in [2.45, 2.75) is 51.7 Å². The van der Waals surface area contributed by atoms with Gasteiger partial charge in [0.1, 0.15) is 5.75 Å². The minimum Gasteiger partial charge on any atom is -0.493 e. The molecule has 0 radical (unpaired) electrons. The second-order valence-electron chi connectivity index (χ2n) is 7.63. The SMILES string of the molecule is CCOC(=O)N1C[C@H](O)C[C@H]1CCOc1ccc(C)cc1CCc1ccccc1. The summed E-state index contributed by atoms with van der Waals surface area (Å²) in [5, 5.41) is 9.97. The Labute approximate surface area is 173 Å². The molecule has 5 heteroatoms. The Morgan fingerprint density at radius 3 is 2.72 bits per heavy atom. The lowest BCUT2D eigenvalue weighted by molar-refractivity contribution is 0.0941. The zero-order valence-corrected chi connectivity index (χ0v) is 17.3. The Morgan fingerprint density at radius 1 is 1.17 bits per heavy atom. The molecule has 2 aromatic carbocycles. The molecule has 0 unspecified atom stereocenters. The van der Waals surface area contributed by atoms with Crippen molar-refractivity contribution in [1.29, 1.82) is 0 Å². The van der Waals surface area contributed by atoms with Gasteiger partial charge in [0, 0.05) is 12.5 Å². The Balaban J connectivity index is 1.58. The van der Waals surface area contributed by atoms with Crippen molar-refractivity contribution in [3.8, 4) is 5.75 Å². The number of aryl methyl sites for hydroxylation is 3. The van der Waals surface area contributed by atoms with Gasteiger partial charge in [0.2, 0.25) is 0 Å². The smallest absolute Gasteiger partial charge is 0.410 e. The Hall–Kier alpha value is -2.53. The summed E-state index contributed by atoms with van der Waals surface area (Å²) in [6.45, 7) is 5.04. The van der Waals surface area contributed by atoms with Gasteiger partial charge in [-0.05, 0) is 50.3 Å². The Kier molecular flexibility index (Phi) is 7.53. The number of carbonyl (C=O) groups excluding carboxylic acids is 1. The van der Waals surface area contributed by atoms with Gasteiger partial charge in [0.25, 0.3) is 0 Å². The molecular weight excluding hydrogens is 366 g/mol. The van der Waals surface area contributed by atoms with Crippen LogP contribution in [0.5, 0.6) is 5.75 Å². The molecule has 1 amide bonds. The van der Waals surface area contributed by atoms with Crippen molar-refractivity contribution < 1.29 is 19.4 Å². The second kappa shape index (κ2) is 10.3. The fraction of sp³-hybridized carbons (Fsp3) is 0.458. The summed E-state index contributed by atoms with van der Waals surface area (Å²) in [5.74, 6) is 0.896. The molecule has 29 heavy (non-hydrogen) atoms. The first-order valence-electron chi connectivity index (χ1n) is 10.4. The molecule has 1 fully saturated rings. The highest BCUT2D eigenvalue weighted by atomic mass is 16.6. The fourth-order valence-corrected chi connectivity index (χ4v) is 3.87. The van der Waals surface area contributed by atoms with Crippen LogP contribution < -0.4 is 4.74 Å². The van der Waals surface area contributed by atoms with Crippen LogP contribution in [0.2, 0.25) is 0 Å². The molecular formula is C24H31NO4. The van der Waals surface area contributed by atoms with E-state index in [0.29, 0.717) is 32.6 Å². The number of hydrogen-bond donors (Lipinski definition) is 1. The topological polar surface area (TPSA) is 59.0 Å². The zero-order valence-electron chi connectivity index (χ0n) is 17.3. The number of likely N-dealkylation sites (tertiary alicyclic amines) is 1. The molecule has 1 N–H and O–H groups in total. The number of benzene rings is 2. The van der Waals surface area contributed by atoms with Gasteiger partial charge in [-0.3, -0.25) is 0 Å². The molecule has 5 nitrogen and oxygen atoms in total. The van der Waals surface area contributed by atoms with Crippen LogP contribution in [0.15, 0.2) is 48.5 Å². The number of amides is 1. The van der Waals surface area contributed by atoms with Crippen LogP contribution in [-0.4, -0.2) is 48.0 Å². The number of β-amino-alcohol motifs (C(OH)–C–C–N with tert-alkyl or cyclic N) is 1. The lowest BCUT2D eigenvalue weighted by Gasteiger charge is -2.23. The van der Waals surface area contributed by atoms with Crippen LogP contribution in [0.3, 0.4) is 0 Å². The number of hydrogen-bond acceptors (Lipinski definition) is 4. The van der Waals surface area contributed by atoms with Crippen LogP contribution in [-0.2, 0) is 17.6 Å². The molecule has 1 aliphatic rings. The van der Waals surface area contributed by atoms with Gasteiger partial charge in [0.15, 0.2) is 0 Å². The first-order valence-corrected chi connectivity index (χ1v) is 10.4. The average Bonchev–Trinajstić information content (AvgIpc) is 3.09. The van der Waals surface area contributed by atoms with E-state index >= 15 is 0 Å². The van der Waals surface area contributed by atoms with E-state index in [1.165, 1.54) is 16.7 Å². The molecule has 3 rings (SSSR count). The predicted molar refractivity (Wildman–Crippen MR) is 113 cm³/mol. The van der Waals surface area contributed by atoms with E-state index in [1.54, 1.807) is 11.8 Å². The minimum atomic E-state index is -0.495. The van der Waals surface area contributed by atoms with Crippen LogP contribution >= 0.6 is 0 Å². The van der Waals surface area contributed by atoms with Crippen LogP contribution in [0, 0.1) is 6.92 Å². The molecule has 0 saturated carbocycles. The van der Waals surface area contributed by atoms with E-state index in [2.05, 4.69) is 43.3 Å². The van der Waals surface area contributed by atoms with Crippen LogP contribution in [0.1, 0.15) is 36.5 Å². The first kappa shape index (κ1) is 21.2. The molecule has 1 aliphatic heterocycles. The van der Waals surface area contributed by atoms with Gasteiger partial charge < -0.3 is 19.5 Å². The number of rotatable bonds is 8. The van der Waals surface area contributed by atoms with Crippen molar-refractivity contribution >= 4 is 6.09 Å². The van der Waals surface area contributed by atoms with E-state index in [-0.39, 0.29) is 12.1 Å². The standard InChI is InChI=1S/C24H31NO4/c1-3-28-24(27)25-17-22(26)16-21(25)13-14-29-23-12-9-18(2)15-20(23)11-10-19-7-5-4-6-8-19/h4-9,12,15,21-22,26H,3,10-11,13-14,16-17H2,1-2H3/t21-,22-/m1/s1. The van der Waals surface area contributed by atoms with Crippen molar-refractivity contribution in [3.63, 3.8) is 0 Å². The quantitative estimate of drug-likeness (QED) is 0.727. The van der Waals surface area contributed by atoms with Crippen molar-refractivity contribution in [2.75, 3.05) is 19.8 Å². The Bertz CT molecular complexity index is 793. The number of nitrogens with zero attached hydrogens (tertiary/aromatic N) is 1. The third-order valence-corrected chi connectivity index (χ3v) is 5.35. The van der Waals surface area contributed by atoms with E-state index < -0.39 is 6.10 Å². The first-order chi connectivity index (χ1) is 14.1. The summed E-state index contributed by atoms with van der Waals surface area (Å²) >= 11 is 0. The average molecular weight is 398 g/mol. The van der Waals surface area contributed by atoms with E-state index in [9.17, 15) is 9.90 Å².